The van der Waals surface area contributed by atoms with Crippen LogP contribution >= 0.6 is 0 Å². The lowest BCUT2D eigenvalue weighted by atomic mass is 10.1. The van der Waals surface area contributed by atoms with Crippen molar-refractivity contribution in [2.24, 2.45) is 0 Å². The number of hydrogen-bond acceptors (Lipinski definition) is 3. The summed E-state index contributed by atoms with van der Waals surface area (Å²) in [5, 5.41) is 8.56. The number of alkyl halides is 3. The minimum absolute atomic E-state index is 0.202. The summed E-state index contributed by atoms with van der Waals surface area (Å²) in [6, 6.07) is 0. The van der Waals surface area contributed by atoms with Crippen LogP contribution in [0.4, 0.5) is 13.2 Å². The normalized spacial score (nSPS) is 13.8. The van der Waals surface area contributed by atoms with Gasteiger partial charge in [0.2, 0.25) is 5.76 Å². The van der Waals surface area contributed by atoms with Crippen LogP contribution in [0.15, 0.2) is 4.42 Å². The van der Waals surface area contributed by atoms with Crippen LogP contribution in [0, 0.1) is 0 Å². The molecular formula is C9H10F3NO3. The van der Waals surface area contributed by atoms with Gasteiger partial charge in [-0.3, -0.25) is 0 Å². The van der Waals surface area contributed by atoms with Crippen LogP contribution in [0.3, 0.4) is 0 Å². The van der Waals surface area contributed by atoms with Gasteiger partial charge in [-0.15, -0.1) is 0 Å². The fraction of sp³-hybridized carbons (Fsp3) is 0.556. The van der Waals surface area contributed by atoms with E-state index in [1.54, 1.807) is 13.8 Å². The van der Waals surface area contributed by atoms with Gasteiger partial charge in [0.15, 0.2) is 11.6 Å². The maximum Gasteiger partial charge on any atom is 0.437 e. The van der Waals surface area contributed by atoms with Crippen LogP contribution in [0.2, 0.25) is 0 Å². The molecule has 1 heterocycles. The van der Waals surface area contributed by atoms with Crippen molar-refractivity contribution in [3.8, 4) is 0 Å². The van der Waals surface area contributed by atoms with Crippen molar-refractivity contribution < 1.29 is 27.5 Å². The molecule has 1 atom stereocenters. The Morgan fingerprint density at radius 1 is 1.56 bits per heavy atom. The Morgan fingerprint density at radius 3 is 2.44 bits per heavy atom. The largest absolute Gasteiger partial charge is 0.475 e. The molecule has 0 radical (unpaired) electrons. The van der Waals surface area contributed by atoms with Gasteiger partial charge in [0.05, 0.1) is 0 Å². The van der Waals surface area contributed by atoms with Crippen molar-refractivity contribution in [3.63, 3.8) is 0 Å². The van der Waals surface area contributed by atoms with E-state index in [9.17, 15) is 18.0 Å². The van der Waals surface area contributed by atoms with Gasteiger partial charge >= 0.3 is 12.1 Å². The van der Waals surface area contributed by atoms with Crippen LogP contribution in [-0.4, -0.2) is 16.1 Å². The predicted molar refractivity (Wildman–Crippen MR) is 47.2 cm³/mol. The van der Waals surface area contributed by atoms with Gasteiger partial charge in [-0.05, 0) is 6.42 Å². The Kier molecular flexibility index (Phi) is 3.25. The van der Waals surface area contributed by atoms with Crippen LogP contribution in [0.25, 0.3) is 0 Å². The summed E-state index contributed by atoms with van der Waals surface area (Å²) in [4.78, 5) is 13.8. The third-order valence-electron chi connectivity index (χ3n) is 2.14. The fourth-order valence-electron chi connectivity index (χ4n) is 1.06. The molecule has 0 aliphatic heterocycles. The summed E-state index contributed by atoms with van der Waals surface area (Å²) >= 11 is 0. The van der Waals surface area contributed by atoms with Crippen molar-refractivity contribution in [1.82, 2.24) is 4.98 Å². The molecule has 0 spiro atoms. The minimum Gasteiger partial charge on any atom is -0.475 e. The summed E-state index contributed by atoms with van der Waals surface area (Å²) in [6.45, 7) is 3.35. The lowest BCUT2D eigenvalue weighted by Crippen LogP contribution is -2.11. The highest BCUT2D eigenvalue weighted by molar-refractivity contribution is 5.85. The first-order valence-corrected chi connectivity index (χ1v) is 4.58. The second-order valence-corrected chi connectivity index (χ2v) is 3.34. The standard InChI is InChI=1S/C9H10F3NO3/c1-3-4(2)7-13-6(9(10,11)12)5(16-7)8(14)15/h4H,3H2,1-2H3,(H,14,15). The van der Waals surface area contributed by atoms with Crippen molar-refractivity contribution in [3.05, 3.63) is 17.3 Å². The van der Waals surface area contributed by atoms with Crippen LogP contribution in [-0.2, 0) is 6.18 Å². The number of nitrogens with zero attached hydrogens (tertiary/aromatic N) is 1. The molecule has 0 fully saturated rings. The lowest BCUT2D eigenvalue weighted by Gasteiger charge is -2.01. The topological polar surface area (TPSA) is 63.3 Å². The van der Waals surface area contributed by atoms with E-state index >= 15 is 0 Å². The van der Waals surface area contributed by atoms with E-state index in [0.717, 1.165) is 0 Å². The Balaban J connectivity index is 3.26. The zero-order chi connectivity index (χ0) is 12.5. The zero-order valence-corrected chi connectivity index (χ0v) is 8.63. The van der Waals surface area contributed by atoms with Crippen molar-refractivity contribution >= 4 is 5.97 Å². The molecule has 1 unspecified atom stereocenters. The number of halogens is 3. The fourth-order valence-corrected chi connectivity index (χ4v) is 1.06. The molecular weight excluding hydrogens is 227 g/mol. The van der Waals surface area contributed by atoms with Gasteiger partial charge in [-0.25, -0.2) is 9.78 Å². The van der Waals surface area contributed by atoms with E-state index in [0.29, 0.717) is 6.42 Å². The molecule has 1 aromatic heterocycles. The Bertz CT molecular complexity index is 397. The predicted octanol–water partition coefficient (Wildman–Crippen LogP) is 2.91. The molecule has 0 saturated carbocycles. The number of carbonyl (C=O) groups is 1. The first-order chi connectivity index (χ1) is 7.27. The zero-order valence-electron chi connectivity index (χ0n) is 8.63. The summed E-state index contributed by atoms with van der Waals surface area (Å²) in [6.07, 6.45) is -4.31. The molecule has 1 N–H and O–H groups in total. The van der Waals surface area contributed by atoms with E-state index in [1.165, 1.54) is 0 Å². The van der Waals surface area contributed by atoms with E-state index in [2.05, 4.69) is 9.40 Å². The number of carboxylic acids is 1. The van der Waals surface area contributed by atoms with Crippen molar-refractivity contribution in [2.45, 2.75) is 32.4 Å². The highest BCUT2D eigenvalue weighted by Crippen LogP contribution is 2.33. The Hall–Kier alpha value is -1.53. The molecule has 0 bridgehead atoms. The molecule has 7 heteroatoms. The maximum absolute atomic E-state index is 12.4. The number of aromatic nitrogens is 1. The molecule has 16 heavy (non-hydrogen) atoms. The average Bonchev–Trinajstić information content (AvgIpc) is 2.60. The molecule has 0 saturated heterocycles. The van der Waals surface area contributed by atoms with Gasteiger partial charge in [0.1, 0.15) is 0 Å². The summed E-state index contributed by atoms with van der Waals surface area (Å²) < 4.78 is 41.8. The van der Waals surface area contributed by atoms with E-state index in [-0.39, 0.29) is 11.8 Å². The monoisotopic (exact) mass is 237 g/mol. The molecule has 0 aliphatic rings. The molecule has 90 valence electrons. The highest BCUT2D eigenvalue weighted by Gasteiger charge is 2.41. The molecule has 0 aromatic carbocycles. The molecule has 4 nitrogen and oxygen atoms in total. The first kappa shape index (κ1) is 12.5. The van der Waals surface area contributed by atoms with E-state index in [1.807, 2.05) is 0 Å². The second kappa shape index (κ2) is 4.15. The number of aromatic carboxylic acids is 1. The van der Waals surface area contributed by atoms with Gasteiger partial charge < -0.3 is 9.52 Å². The Labute approximate surface area is 89.1 Å². The van der Waals surface area contributed by atoms with Gasteiger partial charge in [0.25, 0.3) is 0 Å². The van der Waals surface area contributed by atoms with Gasteiger partial charge in [-0.2, -0.15) is 13.2 Å². The van der Waals surface area contributed by atoms with E-state index < -0.39 is 23.6 Å². The SMILES string of the molecule is CCC(C)c1nc(C(F)(F)F)c(C(=O)O)o1. The highest BCUT2D eigenvalue weighted by atomic mass is 19.4. The Morgan fingerprint density at radius 2 is 2.12 bits per heavy atom. The van der Waals surface area contributed by atoms with Crippen LogP contribution < -0.4 is 0 Å². The quantitative estimate of drug-likeness (QED) is 0.877. The number of oxazole rings is 1. The smallest absolute Gasteiger partial charge is 0.437 e. The minimum atomic E-state index is -4.82. The van der Waals surface area contributed by atoms with Crippen LogP contribution in [0.5, 0.6) is 0 Å². The van der Waals surface area contributed by atoms with Gasteiger partial charge in [-0.1, -0.05) is 13.8 Å². The maximum atomic E-state index is 12.4. The third-order valence-corrected chi connectivity index (χ3v) is 2.14. The first-order valence-electron chi connectivity index (χ1n) is 4.58. The third kappa shape index (κ3) is 2.34. The van der Waals surface area contributed by atoms with Gasteiger partial charge in [0, 0.05) is 5.92 Å². The van der Waals surface area contributed by atoms with Crippen molar-refractivity contribution in [1.29, 1.82) is 0 Å². The second-order valence-electron chi connectivity index (χ2n) is 3.34. The van der Waals surface area contributed by atoms with Crippen LogP contribution in [0.1, 0.15) is 48.3 Å². The number of hydrogen-bond donors (Lipinski definition) is 1. The molecule has 0 aliphatic carbocycles. The summed E-state index contributed by atoms with van der Waals surface area (Å²) in [7, 11) is 0. The van der Waals surface area contributed by atoms with E-state index in [4.69, 9.17) is 5.11 Å². The molecule has 1 rings (SSSR count). The summed E-state index contributed by atoms with van der Waals surface area (Å²) in [5.41, 5.74) is -1.48. The lowest BCUT2D eigenvalue weighted by molar-refractivity contribution is -0.141. The van der Waals surface area contributed by atoms with Crippen molar-refractivity contribution in [2.75, 3.05) is 0 Å². The average molecular weight is 237 g/mol. The molecule has 0 amide bonds. The molecule has 1 aromatic rings. The number of rotatable bonds is 3. The summed E-state index contributed by atoms with van der Waals surface area (Å²) in [5.74, 6) is -3.47. The number of carboxylic acid groups (broad SMARTS) is 1.